The van der Waals surface area contributed by atoms with E-state index >= 15 is 0 Å². The maximum absolute atomic E-state index is 12.3. The molecule has 1 heterocycles. The average Bonchev–Trinajstić information content (AvgIpc) is 2.92. The van der Waals surface area contributed by atoms with Gasteiger partial charge in [0.1, 0.15) is 6.54 Å². The summed E-state index contributed by atoms with van der Waals surface area (Å²) in [5.74, 6) is -1.52. The summed E-state index contributed by atoms with van der Waals surface area (Å²) < 4.78 is 0. The minimum atomic E-state index is -0.457. The zero-order chi connectivity index (χ0) is 20.3. The summed E-state index contributed by atoms with van der Waals surface area (Å²) in [5.41, 5.74) is 2.15. The molecule has 7 heteroatoms. The van der Waals surface area contributed by atoms with Gasteiger partial charge in [-0.2, -0.15) is 0 Å². The third-order valence-electron chi connectivity index (χ3n) is 4.42. The molecule has 0 spiro atoms. The Labute approximate surface area is 162 Å². The summed E-state index contributed by atoms with van der Waals surface area (Å²) in [6, 6.07) is 13.6. The van der Waals surface area contributed by atoms with Crippen molar-refractivity contribution >= 4 is 29.3 Å². The molecule has 2 aromatic carbocycles. The van der Waals surface area contributed by atoms with Crippen molar-refractivity contribution in [2.24, 2.45) is 5.92 Å². The summed E-state index contributed by atoms with van der Waals surface area (Å²) in [7, 11) is 0. The van der Waals surface area contributed by atoms with E-state index in [0.717, 1.165) is 10.5 Å². The number of nitrogens with zero attached hydrogens (tertiary/aromatic N) is 1. The number of nitrogens with one attached hydrogen (secondary N) is 2. The van der Waals surface area contributed by atoms with Gasteiger partial charge in [0.15, 0.2) is 0 Å². The molecule has 7 nitrogen and oxygen atoms in total. The van der Waals surface area contributed by atoms with Crippen LogP contribution in [-0.4, -0.2) is 35.1 Å². The Hall–Kier alpha value is -3.48. The van der Waals surface area contributed by atoms with E-state index in [-0.39, 0.29) is 24.9 Å². The lowest BCUT2D eigenvalue weighted by Crippen LogP contribution is -2.40. The highest BCUT2D eigenvalue weighted by molar-refractivity contribution is 6.22. The van der Waals surface area contributed by atoms with Crippen molar-refractivity contribution in [1.82, 2.24) is 10.2 Å². The summed E-state index contributed by atoms with van der Waals surface area (Å²) in [5, 5.41) is 5.49. The Morgan fingerprint density at radius 1 is 0.929 bits per heavy atom. The molecule has 2 aromatic rings. The fourth-order valence-electron chi connectivity index (χ4n) is 2.78. The second kappa shape index (κ2) is 8.04. The molecule has 0 atom stereocenters. The van der Waals surface area contributed by atoms with E-state index in [9.17, 15) is 19.2 Å². The fraction of sp³-hybridized carbons (Fsp3) is 0.238. The van der Waals surface area contributed by atoms with Crippen LogP contribution in [0.1, 0.15) is 40.1 Å². The standard InChI is InChI=1S/C21H21N3O4/c1-13(2)19(26)23-15-9-7-14(8-10-15)11-22-18(25)12-24-20(27)16-5-3-4-6-17(16)21(24)28/h3-10,13H,11-12H2,1-2H3,(H,22,25)(H,23,26). The number of rotatable bonds is 6. The number of imide groups is 1. The van der Waals surface area contributed by atoms with Crippen LogP contribution in [0.3, 0.4) is 0 Å². The fourth-order valence-corrected chi connectivity index (χ4v) is 2.78. The molecule has 0 aromatic heterocycles. The van der Waals surface area contributed by atoms with E-state index in [0.29, 0.717) is 16.8 Å². The maximum Gasteiger partial charge on any atom is 0.262 e. The van der Waals surface area contributed by atoms with Crippen LogP contribution in [-0.2, 0) is 16.1 Å². The summed E-state index contributed by atoms with van der Waals surface area (Å²) in [6.45, 7) is 3.55. The molecule has 2 N–H and O–H groups in total. The molecular weight excluding hydrogens is 358 g/mol. The molecule has 0 unspecified atom stereocenters. The number of anilines is 1. The Kier molecular flexibility index (Phi) is 5.54. The molecule has 0 saturated carbocycles. The summed E-state index contributed by atoms with van der Waals surface area (Å²) in [6.07, 6.45) is 0. The van der Waals surface area contributed by atoms with Crippen molar-refractivity contribution in [2.45, 2.75) is 20.4 Å². The second-order valence-electron chi connectivity index (χ2n) is 6.86. The molecule has 144 valence electrons. The highest BCUT2D eigenvalue weighted by Crippen LogP contribution is 2.21. The van der Waals surface area contributed by atoms with E-state index < -0.39 is 17.7 Å². The first-order chi connectivity index (χ1) is 13.4. The molecule has 0 radical (unpaired) electrons. The van der Waals surface area contributed by atoms with Crippen molar-refractivity contribution in [3.05, 3.63) is 65.2 Å². The topological polar surface area (TPSA) is 95.6 Å². The predicted molar refractivity (Wildman–Crippen MR) is 104 cm³/mol. The van der Waals surface area contributed by atoms with E-state index in [1.165, 1.54) is 0 Å². The largest absolute Gasteiger partial charge is 0.350 e. The van der Waals surface area contributed by atoms with Gasteiger partial charge in [0.2, 0.25) is 11.8 Å². The van der Waals surface area contributed by atoms with Gasteiger partial charge in [-0.15, -0.1) is 0 Å². The normalized spacial score (nSPS) is 12.9. The van der Waals surface area contributed by atoms with Crippen LogP contribution in [0.2, 0.25) is 0 Å². The number of carbonyl (C=O) groups is 4. The highest BCUT2D eigenvalue weighted by Gasteiger charge is 2.36. The van der Waals surface area contributed by atoms with Gasteiger partial charge in [-0.25, -0.2) is 0 Å². The van der Waals surface area contributed by atoms with Crippen molar-refractivity contribution in [3.8, 4) is 0 Å². The van der Waals surface area contributed by atoms with Gasteiger partial charge in [0, 0.05) is 18.2 Å². The van der Waals surface area contributed by atoms with E-state index in [1.807, 2.05) is 13.8 Å². The van der Waals surface area contributed by atoms with Crippen molar-refractivity contribution < 1.29 is 19.2 Å². The molecule has 1 aliphatic rings. The second-order valence-corrected chi connectivity index (χ2v) is 6.86. The van der Waals surface area contributed by atoms with Crippen molar-refractivity contribution in [1.29, 1.82) is 0 Å². The highest BCUT2D eigenvalue weighted by atomic mass is 16.2. The molecule has 1 aliphatic heterocycles. The smallest absolute Gasteiger partial charge is 0.262 e. The third-order valence-corrected chi connectivity index (χ3v) is 4.42. The molecule has 0 fully saturated rings. The Bertz CT molecular complexity index is 900. The van der Waals surface area contributed by atoms with E-state index in [4.69, 9.17) is 0 Å². The average molecular weight is 379 g/mol. The molecule has 0 saturated heterocycles. The van der Waals surface area contributed by atoms with Crippen LogP contribution in [0.15, 0.2) is 48.5 Å². The van der Waals surface area contributed by atoms with Gasteiger partial charge in [-0.3, -0.25) is 24.1 Å². The minimum absolute atomic E-state index is 0.0676. The van der Waals surface area contributed by atoms with Crippen LogP contribution in [0.25, 0.3) is 0 Å². The van der Waals surface area contributed by atoms with Gasteiger partial charge in [0.05, 0.1) is 11.1 Å². The first-order valence-corrected chi connectivity index (χ1v) is 8.98. The van der Waals surface area contributed by atoms with Crippen LogP contribution in [0.5, 0.6) is 0 Å². The molecule has 0 aliphatic carbocycles. The van der Waals surface area contributed by atoms with Gasteiger partial charge in [-0.1, -0.05) is 38.1 Å². The Morgan fingerprint density at radius 2 is 1.50 bits per heavy atom. The predicted octanol–water partition coefficient (Wildman–Crippen LogP) is 2.19. The quantitative estimate of drug-likeness (QED) is 0.752. The van der Waals surface area contributed by atoms with Gasteiger partial charge in [0.25, 0.3) is 11.8 Å². The summed E-state index contributed by atoms with van der Waals surface area (Å²) in [4.78, 5) is 49.4. The Morgan fingerprint density at radius 3 is 2.04 bits per heavy atom. The number of hydrogen-bond acceptors (Lipinski definition) is 4. The van der Waals surface area contributed by atoms with Crippen molar-refractivity contribution in [2.75, 3.05) is 11.9 Å². The lowest BCUT2D eigenvalue weighted by atomic mass is 10.1. The van der Waals surface area contributed by atoms with Gasteiger partial charge in [-0.05, 0) is 29.8 Å². The number of carbonyl (C=O) groups excluding carboxylic acids is 4. The molecule has 4 amide bonds. The zero-order valence-corrected chi connectivity index (χ0v) is 15.7. The SMILES string of the molecule is CC(C)C(=O)Nc1ccc(CNC(=O)CN2C(=O)c3ccccc3C2=O)cc1. The minimum Gasteiger partial charge on any atom is -0.350 e. The number of benzene rings is 2. The lowest BCUT2D eigenvalue weighted by molar-refractivity contribution is -0.121. The summed E-state index contributed by atoms with van der Waals surface area (Å²) >= 11 is 0. The number of fused-ring (bicyclic) bond motifs is 1. The number of hydrogen-bond donors (Lipinski definition) is 2. The molecule has 28 heavy (non-hydrogen) atoms. The van der Waals surface area contributed by atoms with E-state index in [1.54, 1.807) is 48.5 Å². The van der Waals surface area contributed by atoms with Crippen LogP contribution < -0.4 is 10.6 Å². The number of amides is 4. The molecular formula is C21H21N3O4. The van der Waals surface area contributed by atoms with Gasteiger partial charge >= 0.3 is 0 Å². The van der Waals surface area contributed by atoms with Gasteiger partial charge < -0.3 is 10.6 Å². The zero-order valence-electron chi connectivity index (χ0n) is 15.7. The lowest BCUT2D eigenvalue weighted by Gasteiger charge is -2.14. The Balaban J connectivity index is 1.53. The first kappa shape index (κ1) is 19.3. The monoisotopic (exact) mass is 379 g/mol. The van der Waals surface area contributed by atoms with Crippen LogP contribution in [0.4, 0.5) is 5.69 Å². The maximum atomic E-state index is 12.3. The first-order valence-electron chi connectivity index (χ1n) is 8.98. The van der Waals surface area contributed by atoms with Crippen LogP contribution in [0, 0.1) is 5.92 Å². The van der Waals surface area contributed by atoms with Crippen LogP contribution >= 0.6 is 0 Å². The molecule has 3 rings (SSSR count). The molecule has 0 bridgehead atoms. The van der Waals surface area contributed by atoms with Crippen molar-refractivity contribution in [3.63, 3.8) is 0 Å². The van der Waals surface area contributed by atoms with E-state index in [2.05, 4.69) is 10.6 Å². The third kappa shape index (κ3) is 4.09.